The Balaban J connectivity index is 1.91. The topological polar surface area (TPSA) is 59.1 Å². The SMILES string of the molecule is CN(c1ccccc1)S(=O)(=O)c1cccc(OCC2CO2)c1Br. The van der Waals surface area contributed by atoms with Gasteiger partial charge in [0.05, 0.1) is 16.8 Å². The first-order valence-electron chi connectivity index (χ1n) is 7.07. The van der Waals surface area contributed by atoms with Crippen LogP contribution < -0.4 is 9.04 Å². The van der Waals surface area contributed by atoms with Crippen LogP contribution in [0.4, 0.5) is 5.69 Å². The van der Waals surface area contributed by atoms with Crippen molar-refractivity contribution < 1.29 is 17.9 Å². The second-order valence-corrected chi connectivity index (χ2v) is 7.87. The summed E-state index contributed by atoms with van der Waals surface area (Å²) in [7, 11) is -2.16. The van der Waals surface area contributed by atoms with Gasteiger partial charge in [-0.2, -0.15) is 0 Å². The fourth-order valence-corrected chi connectivity index (χ4v) is 4.34. The summed E-state index contributed by atoms with van der Waals surface area (Å²) in [5.74, 6) is 0.489. The first-order chi connectivity index (χ1) is 11.0. The van der Waals surface area contributed by atoms with E-state index in [4.69, 9.17) is 9.47 Å². The van der Waals surface area contributed by atoms with Gasteiger partial charge in [0.15, 0.2) is 0 Å². The average Bonchev–Trinajstić information content (AvgIpc) is 3.38. The second kappa shape index (κ2) is 6.51. The van der Waals surface area contributed by atoms with Crippen LogP contribution in [0.1, 0.15) is 0 Å². The molecule has 1 aliphatic heterocycles. The number of sulfonamides is 1. The third-order valence-corrected chi connectivity index (χ3v) is 6.42. The van der Waals surface area contributed by atoms with E-state index in [9.17, 15) is 8.42 Å². The Morgan fingerprint density at radius 2 is 1.91 bits per heavy atom. The van der Waals surface area contributed by atoms with E-state index in [1.165, 1.54) is 11.4 Å². The predicted molar refractivity (Wildman–Crippen MR) is 91.4 cm³/mol. The van der Waals surface area contributed by atoms with Gasteiger partial charge in [0.25, 0.3) is 10.0 Å². The molecule has 1 heterocycles. The van der Waals surface area contributed by atoms with Crippen molar-refractivity contribution in [3.63, 3.8) is 0 Å². The van der Waals surface area contributed by atoms with Crippen LogP contribution in [0.25, 0.3) is 0 Å². The Kier molecular flexibility index (Phi) is 4.61. The maximum absolute atomic E-state index is 12.9. The molecule has 122 valence electrons. The second-order valence-electron chi connectivity index (χ2n) is 5.14. The van der Waals surface area contributed by atoms with E-state index in [-0.39, 0.29) is 11.0 Å². The number of hydrogen-bond donors (Lipinski definition) is 0. The van der Waals surface area contributed by atoms with Gasteiger partial charge in [-0.05, 0) is 40.2 Å². The fraction of sp³-hybridized carbons (Fsp3) is 0.250. The zero-order chi connectivity index (χ0) is 16.4. The molecule has 0 saturated carbocycles. The molecule has 0 bridgehead atoms. The Morgan fingerprint density at radius 3 is 2.57 bits per heavy atom. The smallest absolute Gasteiger partial charge is 0.265 e. The highest BCUT2D eigenvalue weighted by Crippen LogP contribution is 2.34. The summed E-state index contributed by atoms with van der Waals surface area (Å²) in [4.78, 5) is 0.165. The van der Waals surface area contributed by atoms with Gasteiger partial charge in [-0.15, -0.1) is 0 Å². The highest BCUT2D eigenvalue weighted by Gasteiger charge is 2.27. The molecule has 2 aromatic carbocycles. The van der Waals surface area contributed by atoms with E-state index >= 15 is 0 Å². The van der Waals surface area contributed by atoms with E-state index in [0.29, 0.717) is 29.1 Å². The molecule has 5 nitrogen and oxygen atoms in total. The van der Waals surface area contributed by atoms with E-state index in [1.54, 1.807) is 42.5 Å². The highest BCUT2D eigenvalue weighted by molar-refractivity contribution is 9.10. The van der Waals surface area contributed by atoms with Crippen molar-refractivity contribution in [2.75, 3.05) is 24.6 Å². The monoisotopic (exact) mass is 397 g/mol. The number of anilines is 1. The lowest BCUT2D eigenvalue weighted by atomic mass is 10.3. The number of hydrogen-bond acceptors (Lipinski definition) is 4. The van der Waals surface area contributed by atoms with Crippen LogP contribution >= 0.6 is 15.9 Å². The Labute approximate surface area is 144 Å². The van der Waals surface area contributed by atoms with Crippen molar-refractivity contribution in [1.29, 1.82) is 0 Å². The maximum Gasteiger partial charge on any atom is 0.265 e. The van der Waals surface area contributed by atoms with Gasteiger partial charge in [0, 0.05) is 7.05 Å². The lowest BCUT2D eigenvalue weighted by molar-refractivity contribution is 0.261. The largest absolute Gasteiger partial charge is 0.490 e. The van der Waals surface area contributed by atoms with Crippen LogP contribution in [0, 0.1) is 0 Å². The number of rotatable bonds is 6. The standard InChI is InChI=1S/C16H16BrNO4S/c1-18(12-6-3-2-4-7-12)23(19,20)15-9-5-8-14(16(15)17)22-11-13-10-21-13/h2-9,13H,10-11H2,1H3. The lowest BCUT2D eigenvalue weighted by Crippen LogP contribution is -2.26. The van der Waals surface area contributed by atoms with Gasteiger partial charge in [0.1, 0.15) is 23.4 Å². The minimum Gasteiger partial charge on any atom is -0.490 e. The Hall–Kier alpha value is -1.57. The Bertz CT molecular complexity index is 791. The number of benzene rings is 2. The summed E-state index contributed by atoms with van der Waals surface area (Å²) in [6.45, 7) is 1.10. The summed E-state index contributed by atoms with van der Waals surface area (Å²) in [5.41, 5.74) is 0.595. The van der Waals surface area contributed by atoms with Crippen molar-refractivity contribution in [2.45, 2.75) is 11.0 Å². The van der Waals surface area contributed by atoms with Crippen LogP contribution in [-0.2, 0) is 14.8 Å². The molecule has 1 unspecified atom stereocenters. The Morgan fingerprint density at radius 1 is 1.22 bits per heavy atom. The number of halogens is 1. The summed E-state index contributed by atoms with van der Waals surface area (Å²) in [5, 5.41) is 0. The summed E-state index contributed by atoms with van der Waals surface area (Å²) >= 11 is 3.36. The molecule has 7 heteroatoms. The minimum atomic E-state index is -3.69. The molecular formula is C16H16BrNO4S. The van der Waals surface area contributed by atoms with E-state index in [2.05, 4.69) is 15.9 Å². The molecule has 0 radical (unpaired) electrons. The molecule has 0 aliphatic carbocycles. The molecule has 1 aliphatic rings. The molecular weight excluding hydrogens is 382 g/mol. The zero-order valence-electron chi connectivity index (χ0n) is 12.5. The molecule has 0 amide bonds. The van der Waals surface area contributed by atoms with Gasteiger partial charge in [-0.1, -0.05) is 24.3 Å². The van der Waals surface area contributed by atoms with Crippen LogP contribution in [0.3, 0.4) is 0 Å². The van der Waals surface area contributed by atoms with Gasteiger partial charge in [-0.25, -0.2) is 8.42 Å². The molecule has 0 spiro atoms. The summed E-state index contributed by atoms with van der Waals surface area (Å²) < 4.78 is 38.1. The van der Waals surface area contributed by atoms with Gasteiger partial charge in [-0.3, -0.25) is 4.31 Å². The molecule has 1 fully saturated rings. The van der Waals surface area contributed by atoms with Crippen molar-refractivity contribution in [1.82, 2.24) is 0 Å². The third-order valence-electron chi connectivity index (χ3n) is 3.51. The van der Waals surface area contributed by atoms with Crippen molar-refractivity contribution in [2.24, 2.45) is 0 Å². The summed E-state index contributed by atoms with van der Waals surface area (Å²) in [6, 6.07) is 13.9. The number of ether oxygens (including phenoxy) is 2. The van der Waals surface area contributed by atoms with Crippen LogP contribution in [-0.4, -0.2) is 34.8 Å². The predicted octanol–water partition coefficient (Wildman–Crippen LogP) is 3.05. The molecule has 0 N–H and O–H groups in total. The quantitative estimate of drug-likeness (QED) is 0.702. The van der Waals surface area contributed by atoms with Gasteiger partial charge < -0.3 is 9.47 Å². The van der Waals surface area contributed by atoms with Gasteiger partial charge in [0.2, 0.25) is 0 Å². The molecule has 3 rings (SSSR count). The molecule has 0 aromatic heterocycles. The molecule has 1 saturated heterocycles. The number of para-hydroxylation sites is 1. The third kappa shape index (κ3) is 3.52. The van der Waals surface area contributed by atoms with Crippen molar-refractivity contribution >= 4 is 31.6 Å². The van der Waals surface area contributed by atoms with Crippen LogP contribution in [0.5, 0.6) is 5.75 Å². The average molecular weight is 398 g/mol. The van der Waals surface area contributed by atoms with Crippen LogP contribution in [0.15, 0.2) is 57.9 Å². The molecule has 2 aromatic rings. The first kappa shape index (κ1) is 16.3. The first-order valence-corrected chi connectivity index (χ1v) is 9.30. The minimum absolute atomic E-state index is 0.106. The molecule has 23 heavy (non-hydrogen) atoms. The fourth-order valence-electron chi connectivity index (χ4n) is 2.07. The van der Waals surface area contributed by atoms with Crippen molar-refractivity contribution in [3.05, 3.63) is 53.0 Å². The van der Waals surface area contributed by atoms with Crippen LogP contribution in [0.2, 0.25) is 0 Å². The summed E-state index contributed by atoms with van der Waals surface area (Å²) in [6.07, 6.45) is 0.106. The molecule has 1 atom stereocenters. The van der Waals surface area contributed by atoms with E-state index < -0.39 is 10.0 Å². The lowest BCUT2D eigenvalue weighted by Gasteiger charge is -2.21. The van der Waals surface area contributed by atoms with Crippen molar-refractivity contribution in [3.8, 4) is 5.75 Å². The van der Waals surface area contributed by atoms with E-state index in [1.807, 2.05) is 6.07 Å². The number of nitrogens with zero attached hydrogens (tertiary/aromatic N) is 1. The van der Waals surface area contributed by atoms with E-state index in [0.717, 1.165) is 0 Å². The maximum atomic E-state index is 12.9. The zero-order valence-corrected chi connectivity index (χ0v) is 14.9. The van der Waals surface area contributed by atoms with Gasteiger partial charge >= 0.3 is 0 Å². The highest BCUT2D eigenvalue weighted by atomic mass is 79.9. The normalized spacial score (nSPS) is 16.9. The number of epoxide rings is 1.